The highest BCUT2D eigenvalue weighted by Gasteiger charge is 2.05. The van der Waals surface area contributed by atoms with Crippen LogP contribution in [-0.2, 0) is 11.2 Å². The molecule has 0 unspecified atom stereocenters. The van der Waals surface area contributed by atoms with Gasteiger partial charge in [-0.3, -0.25) is 4.79 Å². The molecule has 0 radical (unpaired) electrons. The quantitative estimate of drug-likeness (QED) is 0.885. The predicted octanol–water partition coefficient (Wildman–Crippen LogP) is 2.58. The minimum absolute atomic E-state index is 0.112. The lowest BCUT2D eigenvalue weighted by molar-refractivity contribution is -0.115. The molecule has 4 nitrogen and oxygen atoms in total. The molecule has 98 valence electrons. The largest absolute Gasteiger partial charge is 0.508 e. The Bertz CT molecular complexity index is 564. The first-order valence-electron chi connectivity index (χ1n) is 5.89. The van der Waals surface area contributed by atoms with Gasteiger partial charge in [0.2, 0.25) is 5.91 Å². The lowest BCUT2D eigenvalue weighted by Crippen LogP contribution is -2.14. The van der Waals surface area contributed by atoms with Crippen molar-refractivity contribution in [1.82, 2.24) is 0 Å². The Balaban J connectivity index is 1.99. The van der Waals surface area contributed by atoms with Gasteiger partial charge in [-0.2, -0.15) is 0 Å². The predicted molar refractivity (Wildman–Crippen MR) is 73.4 cm³/mol. The van der Waals surface area contributed by atoms with Gasteiger partial charge in [0.15, 0.2) is 0 Å². The van der Waals surface area contributed by atoms with Crippen LogP contribution in [0.3, 0.4) is 0 Å². The van der Waals surface area contributed by atoms with Crippen molar-refractivity contribution >= 4 is 11.6 Å². The van der Waals surface area contributed by atoms with Gasteiger partial charge in [-0.1, -0.05) is 18.2 Å². The molecule has 0 fully saturated rings. The van der Waals surface area contributed by atoms with E-state index in [0.717, 1.165) is 5.56 Å². The Kier molecular flexibility index (Phi) is 4.03. The SMILES string of the molecule is COc1cccc(NC(=O)Cc2ccc(O)cc2)c1. The molecule has 0 saturated heterocycles. The van der Waals surface area contributed by atoms with Crippen LogP contribution < -0.4 is 10.1 Å². The van der Waals surface area contributed by atoms with Crippen LogP contribution in [0, 0.1) is 0 Å². The number of phenolic OH excluding ortho intramolecular Hbond substituents is 1. The lowest BCUT2D eigenvalue weighted by atomic mass is 10.1. The van der Waals surface area contributed by atoms with Gasteiger partial charge >= 0.3 is 0 Å². The molecule has 0 atom stereocenters. The highest BCUT2D eigenvalue weighted by Crippen LogP contribution is 2.17. The van der Waals surface area contributed by atoms with Crippen molar-refractivity contribution in [3.63, 3.8) is 0 Å². The van der Waals surface area contributed by atoms with Crippen molar-refractivity contribution in [3.05, 3.63) is 54.1 Å². The van der Waals surface area contributed by atoms with Crippen molar-refractivity contribution in [1.29, 1.82) is 0 Å². The van der Waals surface area contributed by atoms with Crippen LogP contribution in [0.4, 0.5) is 5.69 Å². The Labute approximate surface area is 111 Å². The van der Waals surface area contributed by atoms with Crippen molar-refractivity contribution in [3.8, 4) is 11.5 Å². The van der Waals surface area contributed by atoms with Crippen LogP contribution >= 0.6 is 0 Å². The number of aromatic hydroxyl groups is 1. The Hall–Kier alpha value is -2.49. The number of hydrogen-bond acceptors (Lipinski definition) is 3. The number of rotatable bonds is 4. The summed E-state index contributed by atoms with van der Waals surface area (Å²) in [5.74, 6) is 0.776. The van der Waals surface area contributed by atoms with E-state index in [9.17, 15) is 4.79 Å². The van der Waals surface area contributed by atoms with Gasteiger partial charge in [-0.15, -0.1) is 0 Å². The fraction of sp³-hybridized carbons (Fsp3) is 0.133. The van der Waals surface area contributed by atoms with E-state index in [1.165, 1.54) is 0 Å². The topological polar surface area (TPSA) is 58.6 Å². The molecule has 2 aromatic rings. The summed E-state index contributed by atoms with van der Waals surface area (Å²) in [5.41, 5.74) is 1.54. The number of carbonyl (C=O) groups is 1. The fourth-order valence-electron chi connectivity index (χ4n) is 1.71. The molecule has 0 aliphatic carbocycles. The molecule has 2 rings (SSSR count). The molecular formula is C15H15NO3. The first kappa shape index (κ1) is 13.0. The maximum atomic E-state index is 11.9. The summed E-state index contributed by atoms with van der Waals surface area (Å²) in [5, 5.41) is 12.0. The fourth-order valence-corrected chi connectivity index (χ4v) is 1.71. The second-order valence-corrected chi connectivity index (χ2v) is 4.12. The number of hydrogen-bond donors (Lipinski definition) is 2. The molecule has 1 amide bonds. The minimum atomic E-state index is -0.112. The van der Waals surface area contributed by atoms with Gasteiger partial charge < -0.3 is 15.2 Å². The van der Waals surface area contributed by atoms with Gasteiger partial charge in [0.25, 0.3) is 0 Å². The van der Waals surface area contributed by atoms with Crippen molar-refractivity contribution in [2.75, 3.05) is 12.4 Å². The zero-order valence-corrected chi connectivity index (χ0v) is 10.6. The van der Waals surface area contributed by atoms with Crippen LogP contribution in [0.5, 0.6) is 11.5 Å². The van der Waals surface area contributed by atoms with Gasteiger partial charge in [0.1, 0.15) is 11.5 Å². The zero-order chi connectivity index (χ0) is 13.7. The molecule has 0 saturated carbocycles. The average molecular weight is 257 g/mol. The van der Waals surface area contributed by atoms with Crippen molar-refractivity contribution < 1.29 is 14.6 Å². The van der Waals surface area contributed by atoms with E-state index in [-0.39, 0.29) is 18.1 Å². The minimum Gasteiger partial charge on any atom is -0.508 e. The Morgan fingerprint density at radius 1 is 1.21 bits per heavy atom. The number of phenols is 1. The molecule has 19 heavy (non-hydrogen) atoms. The number of nitrogens with one attached hydrogen (secondary N) is 1. The van der Waals surface area contributed by atoms with Crippen LogP contribution in [0.2, 0.25) is 0 Å². The summed E-state index contributed by atoms with van der Waals surface area (Å²) in [6.07, 6.45) is 0.261. The van der Waals surface area contributed by atoms with Crippen molar-refractivity contribution in [2.45, 2.75) is 6.42 Å². The van der Waals surface area contributed by atoms with Gasteiger partial charge in [-0.05, 0) is 29.8 Å². The number of benzene rings is 2. The summed E-state index contributed by atoms with van der Waals surface area (Å²) in [4.78, 5) is 11.9. The molecule has 0 aliphatic heterocycles. The maximum absolute atomic E-state index is 11.9. The van der Waals surface area contributed by atoms with E-state index in [2.05, 4.69) is 5.32 Å². The summed E-state index contributed by atoms with van der Waals surface area (Å²) in [6, 6.07) is 13.8. The number of carbonyl (C=O) groups excluding carboxylic acids is 1. The molecule has 0 heterocycles. The standard InChI is InChI=1S/C15H15NO3/c1-19-14-4-2-3-12(10-14)16-15(18)9-11-5-7-13(17)8-6-11/h2-8,10,17H,9H2,1H3,(H,16,18). The second-order valence-electron chi connectivity index (χ2n) is 4.12. The Morgan fingerprint density at radius 3 is 2.63 bits per heavy atom. The number of methoxy groups -OCH3 is 1. The Morgan fingerprint density at radius 2 is 1.95 bits per heavy atom. The number of ether oxygens (including phenoxy) is 1. The zero-order valence-electron chi connectivity index (χ0n) is 10.6. The van der Waals surface area contributed by atoms with Gasteiger partial charge in [0, 0.05) is 11.8 Å². The first-order chi connectivity index (χ1) is 9.17. The monoisotopic (exact) mass is 257 g/mol. The summed E-state index contributed by atoms with van der Waals surface area (Å²) < 4.78 is 5.09. The van der Waals surface area contributed by atoms with E-state index in [4.69, 9.17) is 9.84 Å². The van der Waals surface area contributed by atoms with Gasteiger partial charge in [-0.25, -0.2) is 0 Å². The van der Waals surface area contributed by atoms with E-state index in [1.807, 2.05) is 12.1 Å². The third-order valence-electron chi connectivity index (χ3n) is 2.65. The molecule has 0 aliphatic rings. The van der Waals surface area contributed by atoms with E-state index < -0.39 is 0 Å². The van der Waals surface area contributed by atoms with Crippen LogP contribution in [0.15, 0.2) is 48.5 Å². The first-order valence-corrected chi connectivity index (χ1v) is 5.89. The average Bonchev–Trinajstić information content (AvgIpc) is 2.41. The molecule has 2 N–H and O–H groups in total. The molecule has 2 aromatic carbocycles. The van der Waals surface area contributed by atoms with Crippen LogP contribution in [0.1, 0.15) is 5.56 Å². The van der Waals surface area contributed by atoms with E-state index in [0.29, 0.717) is 11.4 Å². The van der Waals surface area contributed by atoms with E-state index in [1.54, 1.807) is 43.5 Å². The summed E-state index contributed by atoms with van der Waals surface area (Å²) in [6.45, 7) is 0. The highest BCUT2D eigenvalue weighted by atomic mass is 16.5. The molecule has 0 aromatic heterocycles. The third-order valence-corrected chi connectivity index (χ3v) is 2.65. The molecule has 0 bridgehead atoms. The summed E-state index contributed by atoms with van der Waals surface area (Å²) >= 11 is 0. The van der Waals surface area contributed by atoms with E-state index >= 15 is 0 Å². The molecular weight excluding hydrogens is 242 g/mol. The second kappa shape index (κ2) is 5.91. The summed E-state index contributed by atoms with van der Waals surface area (Å²) in [7, 11) is 1.58. The maximum Gasteiger partial charge on any atom is 0.228 e. The van der Waals surface area contributed by atoms with Crippen LogP contribution in [-0.4, -0.2) is 18.1 Å². The van der Waals surface area contributed by atoms with Crippen molar-refractivity contribution in [2.24, 2.45) is 0 Å². The number of amides is 1. The van der Waals surface area contributed by atoms with Gasteiger partial charge in [0.05, 0.1) is 13.5 Å². The number of anilines is 1. The van der Waals surface area contributed by atoms with Crippen LogP contribution in [0.25, 0.3) is 0 Å². The third kappa shape index (κ3) is 3.74. The normalized spacial score (nSPS) is 9.95. The smallest absolute Gasteiger partial charge is 0.228 e. The lowest BCUT2D eigenvalue weighted by Gasteiger charge is -2.07. The molecule has 0 spiro atoms. The highest BCUT2D eigenvalue weighted by molar-refractivity contribution is 5.92. The molecule has 4 heteroatoms.